The van der Waals surface area contributed by atoms with E-state index in [9.17, 15) is 18.0 Å². The maximum atomic E-state index is 12.4. The molecule has 3 N–H and O–H groups in total. The predicted molar refractivity (Wildman–Crippen MR) is 87.2 cm³/mol. The smallest absolute Gasteiger partial charge is 0.325 e. The second-order valence-electron chi connectivity index (χ2n) is 5.59. The molecule has 0 heterocycles. The second-order valence-corrected chi connectivity index (χ2v) is 7.30. The molecular weight excluding hydrogens is 336 g/mol. The van der Waals surface area contributed by atoms with Gasteiger partial charge in [0.1, 0.15) is 17.8 Å². The van der Waals surface area contributed by atoms with Crippen LogP contribution < -0.4 is 14.8 Å². The molecule has 0 aliphatic carbocycles. The Morgan fingerprint density at radius 3 is 2.08 bits per heavy atom. The average Bonchev–Trinajstić information content (AvgIpc) is 2.52. The highest BCUT2D eigenvalue weighted by Gasteiger charge is 2.30. The van der Waals surface area contributed by atoms with Gasteiger partial charge in [-0.25, -0.2) is 8.42 Å². The number of sulfonamides is 1. The molecule has 1 amide bonds. The lowest BCUT2D eigenvalue weighted by atomic mass is 10.0. The Labute approximate surface area is 141 Å². The molecule has 24 heavy (non-hydrogen) atoms. The van der Waals surface area contributed by atoms with Crippen LogP contribution in [0.2, 0.25) is 0 Å². The summed E-state index contributed by atoms with van der Waals surface area (Å²) in [5.41, 5.74) is 0. The molecule has 0 aliphatic heterocycles. The molecule has 0 aromatic heterocycles. The molecule has 0 radical (unpaired) electrons. The zero-order chi connectivity index (χ0) is 18.5. The molecule has 0 saturated heterocycles. The lowest BCUT2D eigenvalue weighted by Crippen LogP contribution is -2.52. The number of amides is 1. The van der Waals surface area contributed by atoms with Crippen LogP contribution in [0.1, 0.15) is 20.8 Å². The molecule has 0 spiro atoms. The van der Waals surface area contributed by atoms with E-state index >= 15 is 0 Å². The number of nitrogens with one attached hydrogen (secondary N) is 2. The van der Waals surface area contributed by atoms with Gasteiger partial charge in [-0.3, -0.25) is 9.59 Å². The van der Waals surface area contributed by atoms with E-state index in [1.54, 1.807) is 13.8 Å². The van der Waals surface area contributed by atoms with Gasteiger partial charge in [0.25, 0.3) is 0 Å². The van der Waals surface area contributed by atoms with Gasteiger partial charge in [0.2, 0.25) is 15.9 Å². The van der Waals surface area contributed by atoms with Gasteiger partial charge in [-0.05, 0) is 37.1 Å². The number of carboxylic acids is 1. The van der Waals surface area contributed by atoms with Crippen molar-refractivity contribution >= 4 is 21.9 Å². The fourth-order valence-corrected chi connectivity index (χ4v) is 3.19. The Kier molecular flexibility index (Phi) is 6.73. The van der Waals surface area contributed by atoms with Crippen molar-refractivity contribution in [3.05, 3.63) is 24.3 Å². The van der Waals surface area contributed by atoms with Crippen LogP contribution >= 0.6 is 0 Å². The summed E-state index contributed by atoms with van der Waals surface area (Å²) in [7, 11) is -2.48. The number of carbonyl (C=O) groups is 2. The van der Waals surface area contributed by atoms with E-state index in [1.165, 1.54) is 38.3 Å². The van der Waals surface area contributed by atoms with Crippen LogP contribution in [0.4, 0.5) is 0 Å². The molecule has 1 aromatic rings. The summed E-state index contributed by atoms with van der Waals surface area (Å²) in [6.45, 7) is 4.62. The normalized spacial score (nSPS) is 14.0. The molecule has 134 valence electrons. The number of rotatable bonds is 8. The number of carboxylic acid groups (broad SMARTS) is 1. The van der Waals surface area contributed by atoms with E-state index in [1.807, 2.05) is 0 Å². The molecule has 2 atom stereocenters. The molecule has 1 aromatic carbocycles. The number of carbonyl (C=O) groups excluding carboxylic acids is 1. The Hall–Kier alpha value is -2.13. The van der Waals surface area contributed by atoms with E-state index in [4.69, 9.17) is 9.84 Å². The highest BCUT2D eigenvalue weighted by Crippen LogP contribution is 2.16. The van der Waals surface area contributed by atoms with Crippen molar-refractivity contribution in [1.82, 2.24) is 10.0 Å². The first kappa shape index (κ1) is 19.9. The molecule has 9 heteroatoms. The SMILES string of the molecule is COc1ccc(S(=O)(=O)N[C@H](C(=O)N[C@@H](C)C(=O)O)C(C)C)cc1. The van der Waals surface area contributed by atoms with Gasteiger partial charge in [-0.1, -0.05) is 13.8 Å². The maximum Gasteiger partial charge on any atom is 0.325 e. The van der Waals surface area contributed by atoms with Crippen LogP contribution in [-0.4, -0.2) is 44.6 Å². The first-order valence-electron chi connectivity index (χ1n) is 7.28. The second kappa shape index (κ2) is 8.11. The van der Waals surface area contributed by atoms with Gasteiger partial charge in [0.05, 0.1) is 12.0 Å². The van der Waals surface area contributed by atoms with Crippen LogP contribution in [0, 0.1) is 5.92 Å². The largest absolute Gasteiger partial charge is 0.497 e. The van der Waals surface area contributed by atoms with Gasteiger partial charge in [-0.2, -0.15) is 4.72 Å². The number of aliphatic carboxylic acids is 1. The topological polar surface area (TPSA) is 122 Å². The summed E-state index contributed by atoms with van der Waals surface area (Å²) in [6, 6.07) is 3.48. The quantitative estimate of drug-likeness (QED) is 0.625. The van der Waals surface area contributed by atoms with Crippen LogP contribution in [0.15, 0.2) is 29.2 Å². The predicted octanol–water partition coefficient (Wildman–Crippen LogP) is 0.587. The Balaban J connectivity index is 2.97. The van der Waals surface area contributed by atoms with Crippen molar-refractivity contribution in [2.45, 2.75) is 37.8 Å². The Bertz CT molecular complexity index is 684. The summed E-state index contributed by atoms with van der Waals surface area (Å²) in [6.07, 6.45) is 0. The van der Waals surface area contributed by atoms with E-state index in [2.05, 4.69) is 10.0 Å². The molecule has 0 fully saturated rings. The first-order valence-corrected chi connectivity index (χ1v) is 8.76. The minimum atomic E-state index is -3.94. The third-order valence-corrected chi connectivity index (χ3v) is 4.79. The number of benzene rings is 1. The van der Waals surface area contributed by atoms with Crippen LogP contribution in [0.25, 0.3) is 0 Å². The lowest BCUT2D eigenvalue weighted by Gasteiger charge is -2.22. The van der Waals surface area contributed by atoms with Crippen molar-refractivity contribution in [2.75, 3.05) is 7.11 Å². The third kappa shape index (κ3) is 5.20. The fourth-order valence-electron chi connectivity index (χ4n) is 1.85. The van der Waals surface area contributed by atoms with Gasteiger partial charge in [-0.15, -0.1) is 0 Å². The lowest BCUT2D eigenvalue weighted by molar-refractivity contribution is -0.141. The van der Waals surface area contributed by atoms with Gasteiger partial charge >= 0.3 is 5.97 Å². The molecule has 0 aliphatic rings. The Morgan fingerprint density at radius 1 is 1.12 bits per heavy atom. The summed E-state index contributed by atoms with van der Waals surface area (Å²) >= 11 is 0. The van der Waals surface area contributed by atoms with Crippen molar-refractivity contribution in [1.29, 1.82) is 0 Å². The average molecular weight is 358 g/mol. The van der Waals surface area contributed by atoms with Crippen molar-refractivity contribution in [2.24, 2.45) is 5.92 Å². The van der Waals surface area contributed by atoms with Crippen LogP contribution in [0.3, 0.4) is 0 Å². The van der Waals surface area contributed by atoms with E-state index in [0.29, 0.717) is 5.75 Å². The summed E-state index contributed by atoms with van der Waals surface area (Å²) < 4.78 is 32.1. The minimum Gasteiger partial charge on any atom is -0.497 e. The first-order chi connectivity index (χ1) is 11.1. The van der Waals surface area contributed by atoms with Gasteiger partial charge < -0.3 is 15.2 Å². The molecule has 0 saturated carbocycles. The number of hydrogen-bond acceptors (Lipinski definition) is 5. The molecule has 8 nitrogen and oxygen atoms in total. The molecule has 0 bridgehead atoms. The summed E-state index contributed by atoms with van der Waals surface area (Å²) in [5.74, 6) is -1.78. The van der Waals surface area contributed by atoms with Crippen molar-refractivity contribution in [3.8, 4) is 5.75 Å². The van der Waals surface area contributed by atoms with E-state index < -0.39 is 34.0 Å². The zero-order valence-corrected chi connectivity index (χ0v) is 14.8. The molecule has 0 unspecified atom stereocenters. The number of hydrogen-bond donors (Lipinski definition) is 3. The van der Waals surface area contributed by atoms with Crippen LogP contribution in [-0.2, 0) is 19.6 Å². The highest BCUT2D eigenvalue weighted by atomic mass is 32.2. The minimum absolute atomic E-state index is 0.0203. The van der Waals surface area contributed by atoms with Gasteiger partial charge in [0, 0.05) is 0 Å². The fraction of sp³-hybridized carbons (Fsp3) is 0.467. The number of methoxy groups -OCH3 is 1. The monoisotopic (exact) mass is 358 g/mol. The van der Waals surface area contributed by atoms with E-state index in [-0.39, 0.29) is 10.8 Å². The Morgan fingerprint density at radius 2 is 1.67 bits per heavy atom. The van der Waals surface area contributed by atoms with Crippen molar-refractivity contribution < 1.29 is 27.9 Å². The summed E-state index contributed by atoms with van der Waals surface area (Å²) in [4.78, 5) is 23.0. The molecular formula is C15H22N2O6S. The zero-order valence-electron chi connectivity index (χ0n) is 13.9. The highest BCUT2D eigenvalue weighted by molar-refractivity contribution is 7.89. The molecule has 1 rings (SSSR count). The van der Waals surface area contributed by atoms with E-state index in [0.717, 1.165) is 0 Å². The summed E-state index contributed by atoms with van der Waals surface area (Å²) in [5, 5.41) is 11.1. The van der Waals surface area contributed by atoms with Crippen LogP contribution in [0.5, 0.6) is 5.75 Å². The van der Waals surface area contributed by atoms with Gasteiger partial charge in [0.15, 0.2) is 0 Å². The maximum absolute atomic E-state index is 12.4. The number of ether oxygens (including phenoxy) is 1. The standard InChI is InChI=1S/C15H22N2O6S/c1-9(2)13(14(18)16-10(3)15(19)20)17-24(21,22)12-7-5-11(23-4)6-8-12/h5-10,13,17H,1-4H3,(H,16,18)(H,19,20)/t10-,13-/m0/s1. The van der Waals surface area contributed by atoms with Crippen molar-refractivity contribution in [3.63, 3.8) is 0 Å². The third-order valence-electron chi connectivity index (χ3n) is 3.33.